The van der Waals surface area contributed by atoms with Crippen molar-refractivity contribution in [2.45, 2.75) is 20.8 Å². The number of nitrogens with zero attached hydrogens (tertiary/aromatic N) is 2. The molecule has 0 aliphatic carbocycles. The molecule has 0 radical (unpaired) electrons. The molecule has 3 rings (SSSR count). The van der Waals surface area contributed by atoms with Crippen molar-refractivity contribution >= 4 is 23.1 Å². The van der Waals surface area contributed by atoms with E-state index in [0.29, 0.717) is 29.0 Å². The number of benzene rings is 2. The molecular formula is C22H26N4O3. The lowest BCUT2D eigenvalue weighted by Gasteiger charge is -2.15. The van der Waals surface area contributed by atoms with Gasteiger partial charge in [-0.25, -0.2) is 4.98 Å². The second kappa shape index (κ2) is 8.68. The van der Waals surface area contributed by atoms with Gasteiger partial charge in [0.1, 0.15) is 5.82 Å². The molecule has 0 fully saturated rings. The third-order valence-corrected chi connectivity index (χ3v) is 4.42. The lowest BCUT2D eigenvalue weighted by Crippen LogP contribution is -2.04. The van der Waals surface area contributed by atoms with Crippen molar-refractivity contribution in [3.05, 3.63) is 53.2 Å². The Morgan fingerprint density at radius 2 is 1.45 bits per heavy atom. The molecule has 0 unspecified atom stereocenters. The van der Waals surface area contributed by atoms with Crippen LogP contribution in [0.15, 0.2) is 36.4 Å². The number of hydrogen-bond acceptors (Lipinski definition) is 7. The van der Waals surface area contributed by atoms with Crippen LogP contribution in [0.4, 0.5) is 23.1 Å². The van der Waals surface area contributed by atoms with E-state index in [4.69, 9.17) is 14.2 Å². The van der Waals surface area contributed by atoms with Gasteiger partial charge in [-0.05, 0) is 32.4 Å². The summed E-state index contributed by atoms with van der Waals surface area (Å²) in [6.07, 6.45) is 0. The largest absolute Gasteiger partial charge is 0.493 e. The molecule has 0 bridgehead atoms. The van der Waals surface area contributed by atoms with Crippen LogP contribution in [0.2, 0.25) is 0 Å². The molecule has 0 aliphatic heterocycles. The summed E-state index contributed by atoms with van der Waals surface area (Å²) in [7, 11) is 4.75. The number of aryl methyl sites for hydroxylation is 3. The van der Waals surface area contributed by atoms with E-state index in [1.807, 2.05) is 31.2 Å². The molecule has 1 aromatic heterocycles. The zero-order valence-electron chi connectivity index (χ0n) is 17.6. The summed E-state index contributed by atoms with van der Waals surface area (Å²) in [5, 5.41) is 6.59. The molecule has 0 spiro atoms. The van der Waals surface area contributed by atoms with Gasteiger partial charge in [-0.3, -0.25) is 0 Å². The number of methoxy groups -OCH3 is 3. The number of ether oxygens (including phenoxy) is 3. The Morgan fingerprint density at radius 3 is 2.03 bits per heavy atom. The van der Waals surface area contributed by atoms with Gasteiger partial charge in [0.2, 0.25) is 11.7 Å². The molecule has 0 aliphatic rings. The quantitative estimate of drug-likeness (QED) is 0.589. The predicted molar refractivity (Wildman–Crippen MR) is 115 cm³/mol. The molecule has 2 N–H and O–H groups in total. The lowest BCUT2D eigenvalue weighted by atomic mass is 10.1. The van der Waals surface area contributed by atoms with E-state index < -0.39 is 0 Å². The first-order chi connectivity index (χ1) is 13.9. The first-order valence-electron chi connectivity index (χ1n) is 9.20. The van der Waals surface area contributed by atoms with Gasteiger partial charge in [0.05, 0.1) is 21.3 Å². The predicted octanol–water partition coefficient (Wildman–Crippen LogP) is 4.91. The van der Waals surface area contributed by atoms with Crippen LogP contribution in [0.25, 0.3) is 0 Å². The number of aromatic nitrogens is 2. The zero-order chi connectivity index (χ0) is 21.0. The highest BCUT2D eigenvalue weighted by Crippen LogP contribution is 2.40. The average molecular weight is 394 g/mol. The van der Waals surface area contributed by atoms with Crippen molar-refractivity contribution in [1.29, 1.82) is 0 Å². The molecular weight excluding hydrogens is 368 g/mol. The SMILES string of the molecule is COc1cc(Nc2cc(C)nc(Nc3ccc(C)cc3C)n2)cc(OC)c1OC. The summed E-state index contributed by atoms with van der Waals surface area (Å²) in [5.74, 6) is 2.84. The Labute approximate surface area is 171 Å². The second-order valence-electron chi connectivity index (χ2n) is 6.70. The Balaban J connectivity index is 1.90. The molecule has 2 aromatic carbocycles. The normalized spacial score (nSPS) is 10.4. The van der Waals surface area contributed by atoms with E-state index in [1.165, 1.54) is 5.56 Å². The summed E-state index contributed by atoms with van der Waals surface area (Å²) in [4.78, 5) is 9.09. The van der Waals surface area contributed by atoms with E-state index in [9.17, 15) is 0 Å². The molecule has 152 valence electrons. The highest BCUT2D eigenvalue weighted by atomic mass is 16.5. The van der Waals surface area contributed by atoms with Gasteiger partial charge in [-0.1, -0.05) is 17.7 Å². The van der Waals surface area contributed by atoms with Crippen molar-refractivity contribution in [3.63, 3.8) is 0 Å². The van der Waals surface area contributed by atoms with E-state index in [2.05, 4.69) is 46.6 Å². The topological polar surface area (TPSA) is 77.5 Å². The maximum Gasteiger partial charge on any atom is 0.229 e. The summed E-state index contributed by atoms with van der Waals surface area (Å²) < 4.78 is 16.2. The fourth-order valence-corrected chi connectivity index (χ4v) is 3.06. The molecule has 3 aromatic rings. The van der Waals surface area contributed by atoms with Crippen LogP contribution in [-0.2, 0) is 0 Å². The Hall–Kier alpha value is -3.48. The zero-order valence-corrected chi connectivity index (χ0v) is 17.6. The molecule has 7 nitrogen and oxygen atoms in total. The minimum atomic E-state index is 0.520. The highest BCUT2D eigenvalue weighted by molar-refractivity contribution is 5.68. The van der Waals surface area contributed by atoms with Crippen molar-refractivity contribution in [2.24, 2.45) is 0 Å². The Morgan fingerprint density at radius 1 is 0.759 bits per heavy atom. The first-order valence-corrected chi connectivity index (χ1v) is 9.20. The molecule has 1 heterocycles. The molecule has 0 amide bonds. The van der Waals surface area contributed by atoms with Gasteiger partial charge in [0.25, 0.3) is 0 Å². The van der Waals surface area contributed by atoms with Gasteiger partial charge >= 0.3 is 0 Å². The van der Waals surface area contributed by atoms with Crippen LogP contribution < -0.4 is 24.8 Å². The fraction of sp³-hybridized carbons (Fsp3) is 0.273. The van der Waals surface area contributed by atoms with Crippen molar-refractivity contribution in [1.82, 2.24) is 9.97 Å². The maximum atomic E-state index is 5.42. The van der Waals surface area contributed by atoms with Gasteiger partial charge < -0.3 is 24.8 Å². The van der Waals surface area contributed by atoms with Crippen molar-refractivity contribution < 1.29 is 14.2 Å². The van der Waals surface area contributed by atoms with E-state index in [0.717, 1.165) is 22.6 Å². The fourth-order valence-electron chi connectivity index (χ4n) is 3.06. The van der Waals surface area contributed by atoms with Gasteiger partial charge in [0, 0.05) is 35.3 Å². The Kier molecular flexibility index (Phi) is 6.07. The molecule has 0 saturated carbocycles. The van der Waals surface area contributed by atoms with Crippen LogP contribution in [0.5, 0.6) is 17.2 Å². The summed E-state index contributed by atoms with van der Waals surface area (Å²) in [6.45, 7) is 6.05. The number of rotatable bonds is 7. The molecule has 29 heavy (non-hydrogen) atoms. The average Bonchev–Trinajstić information content (AvgIpc) is 2.69. The molecule has 0 atom stereocenters. The van der Waals surface area contributed by atoms with E-state index in [-0.39, 0.29) is 0 Å². The third-order valence-electron chi connectivity index (χ3n) is 4.42. The van der Waals surface area contributed by atoms with Gasteiger partial charge in [-0.15, -0.1) is 0 Å². The summed E-state index contributed by atoms with van der Waals surface area (Å²) >= 11 is 0. The Bertz CT molecular complexity index is 996. The molecule has 7 heteroatoms. The standard InChI is InChI=1S/C22H26N4O3/c1-13-7-8-17(14(2)9-13)25-22-23-15(3)10-20(26-22)24-16-11-18(27-4)21(29-6)19(12-16)28-5/h7-12H,1-6H3,(H2,23,24,25,26). The minimum absolute atomic E-state index is 0.520. The van der Waals surface area contributed by atoms with Crippen LogP contribution in [0.3, 0.4) is 0 Å². The second-order valence-corrected chi connectivity index (χ2v) is 6.70. The van der Waals surface area contributed by atoms with Crippen LogP contribution in [0.1, 0.15) is 16.8 Å². The monoisotopic (exact) mass is 394 g/mol. The number of nitrogens with one attached hydrogen (secondary N) is 2. The van der Waals surface area contributed by atoms with Gasteiger partial charge in [0.15, 0.2) is 11.5 Å². The van der Waals surface area contributed by atoms with E-state index >= 15 is 0 Å². The van der Waals surface area contributed by atoms with Crippen molar-refractivity contribution in [2.75, 3.05) is 32.0 Å². The van der Waals surface area contributed by atoms with Crippen LogP contribution in [-0.4, -0.2) is 31.3 Å². The minimum Gasteiger partial charge on any atom is -0.493 e. The lowest BCUT2D eigenvalue weighted by molar-refractivity contribution is 0.324. The third kappa shape index (κ3) is 4.68. The smallest absolute Gasteiger partial charge is 0.229 e. The summed E-state index contributed by atoms with van der Waals surface area (Å²) in [5.41, 5.74) is 4.91. The van der Waals surface area contributed by atoms with Crippen LogP contribution >= 0.6 is 0 Å². The number of hydrogen-bond donors (Lipinski definition) is 2. The van der Waals surface area contributed by atoms with Crippen LogP contribution in [0, 0.1) is 20.8 Å². The molecule has 0 saturated heterocycles. The first kappa shape index (κ1) is 20.3. The van der Waals surface area contributed by atoms with E-state index in [1.54, 1.807) is 21.3 Å². The summed E-state index contributed by atoms with van der Waals surface area (Å²) in [6, 6.07) is 11.7. The number of anilines is 4. The van der Waals surface area contributed by atoms with Gasteiger partial charge in [-0.2, -0.15) is 4.98 Å². The highest BCUT2D eigenvalue weighted by Gasteiger charge is 2.14. The maximum absolute atomic E-state index is 5.42. The van der Waals surface area contributed by atoms with Crippen molar-refractivity contribution in [3.8, 4) is 17.2 Å².